The number of nitrogens with two attached hydrogens (primary N) is 1. The van der Waals surface area contributed by atoms with Crippen LogP contribution in [-0.4, -0.2) is 43.4 Å². The van der Waals surface area contributed by atoms with Crippen LogP contribution >= 0.6 is 0 Å². The van der Waals surface area contributed by atoms with Gasteiger partial charge in [-0.25, -0.2) is 8.42 Å². The van der Waals surface area contributed by atoms with Crippen LogP contribution in [0, 0.1) is 10.1 Å². The molecular formula is C11H15N3O5S. The van der Waals surface area contributed by atoms with E-state index in [2.05, 4.69) is 0 Å². The van der Waals surface area contributed by atoms with Gasteiger partial charge in [-0.1, -0.05) is 0 Å². The van der Waals surface area contributed by atoms with Crippen molar-refractivity contribution >= 4 is 21.4 Å². The molecule has 0 radical (unpaired) electrons. The van der Waals surface area contributed by atoms with E-state index in [1.807, 2.05) is 0 Å². The lowest BCUT2D eigenvalue weighted by molar-refractivity contribution is -0.385. The molecule has 0 aliphatic carbocycles. The van der Waals surface area contributed by atoms with Gasteiger partial charge in [-0.2, -0.15) is 4.31 Å². The van der Waals surface area contributed by atoms with Gasteiger partial charge in [0.15, 0.2) is 0 Å². The maximum atomic E-state index is 12.6. The SMILES string of the molecule is CC1COCCN1S(=O)(=O)c1cc([N+](=O)[O-])ccc1N. The van der Waals surface area contributed by atoms with Crippen LogP contribution < -0.4 is 5.73 Å². The predicted octanol–water partition coefficient (Wildman–Crippen LogP) is 0.586. The second-order valence-corrected chi connectivity index (χ2v) is 6.38. The maximum absolute atomic E-state index is 12.6. The minimum atomic E-state index is -3.87. The Kier molecular flexibility index (Phi) is 3.93. The fourth-order valence-electron chi connectivity index (χ4n) is 2.06. The molecule has 1 saturated heterocycles. The van der Waals surface area contributed by atoms with Crippen molar-refractivity contribution in [1.29, 1.82) is 0 Å². The van der Waals surface area contributed by atoms with Gasteiger partial charge < -0.3 is 10.5 Å². The first-order valence-corrected chi connectivity index (χ1v) is 7.41. The Hall–Kier alpha value is -1.71. The second-order valence-electron chi connectivity index (χ2n) is 4.52. The average Bonchev–Trinajstić information content (AvgIpc) is 2.39. The normalized spacial score (nSPS) is 20.8. The molecule has 1 aromatic carbocycles. The third-order valence-corrected chi connectivity index (χ3v) is 5.17. The van der Waals surface area contributed by atoms with Gasteiger partial charge in [0.2, 0.25) is 10.0 Å². The first kappa shape index (κ1) is 14.7. The number of nitrogen functional groups attached to an aromatic ring is 1. The fraction of sp³-hybridized carbons (Fsp3) is 0.455. The summed E-state index contributed by atoms with van der Waals surface area (Å²) in [5.41, 5.74) is 5.36. The molecule has 20 heavy (non-hydrogen) atoms. The van der Waals surface area contributed by atoms with Crippen LogP contribution in [-0.2, 0) is 14.8 Å². The van der Waals surface area contributed by atoms with E-state index >= 15 is 0 Å². The molecule has 1 aromatic rings. The molecule has 1 aliphatic heterocycles. The van der Waals surface area contributed by atoms with E-state index in [4.69, 9.17) is 10.5 Å². The molecule has 0 spiro atoms. The van der Waals surface area contributed by atoms with E-state index in [1.54, 1.807) is 6.92 Å². The Morgan fingerprint density at radius 3 is 2.80 bits per heavy atom. The van der Waals surface area contributed by atoms with Crippen LogP contribution in [0.3, 0.4) is 0 Å². The Labute approximate surface area is 116 Å². The van der Waals surface area contributed by atoms with Crippen LogP contribution in [0.5, 0.6) is 0 Å². The van der Waals surface area contributed by atoms with Gasteiger partial charge in [0.1, 0.15) is 4.90 Å². The molecule has 2 rings (SSSR count). The van der Waals surface area contributed by atoms with Gasteiger partial charge in [0.05, 0.1) is 23.8 Å². The maximum Gasteiger partial charge on any atom is 0.270 e. The van der Waals surface area contributed by atoms with Gasteiger partial charge in [-0.05, 0) is 13.0 Å². The van der Waals surface area contributed by atoms with Gasteiger partial charge in [0, 0.05) is 24.7 Å². The van der Waals surface area contributed by atoms with Crippen LogP contribution in [0.25, 0.3) is 0 Å². The first-order chi connectivity index (χ1) is 9.34. The molecule has 0 bridgehead atoms. The molecule has 1 fully saturated rings. The third-order valence-electron chi connectivity index (χ3n) is 3.10. The molecular weight excluding hydrogens is 286 g/mol. The van der Waals surface area contributed by atoms with Crippen molar-refractivity contribution in [3.63, 3.8) is 0 Å². The molecule has 1 unspecified atom stereocenters. The number of non-ortho nitro benzene ring substituents is 1. The van der Waals surface area contributed by atoms with Gasteiger partial charge in [-0.15, -0.1) is 0 Å². The topological polar surface area (TPSA) is 116 Å². The summed E-state index contributed by atoms with van der Waals surface area (Å²) in [5.74, 6) is 0. The number of hydrogen-bond acceptors (Lipinski definition) is 6. The third kappa shape index (κ3) is 2.60. The van der Waals surface area contributed by atoms with E-state index in [-0.39, 0.29) is 35.5 Å². The van der Waals surface area contributed by atoms with E-state index in [1.165, 1.54) is 16.4 Å². The molecule has 1 heterocycles. The lowest BCUT2D eigenvalue weighted by Crippen LogP contribution is -2.47. The van der Waals surface area contributed by atoms with E-state index in [0.29, 0.717) is 6.61 Å². The van der Waals surface area contributed by atoms with Crippen molar-refractivity contribution in [1.82, 2.24) is 4.31 Å². The number of nitro groups is 1. The predicted molar refractivity (Wildman–Crippen MR) is 71.7 cm³/mol. The van der Waals surface area contributed by atoms with Crippen molar-refractivity contribution < 1.29 is 18.1 Å². The van der Waals surface area contributed by atoms with Gasteiger partial charge in [0.25, 0.3) is 5.69 Å². The minimum absolute atomic E-state index is 0.00529. The number of ether oxygens (including phenoxy) is 1. The summed E-state index contributed by atoms with van der Waals surface area (Å²) in [7, 11) is -3.87. The summed E-state index contributed by atoms with van der Waals surface area (Å²) in [5, 5.41) is 10.8. The molecule has 110 valence electrons. The largest absolute Gasteiger partial charge is 0.398 e. The lowest BCUT2D eigenvalue weighted by atomic mass is 10.3. The quantitative estimate of drug-likeness (QED) is 0.496. The number of morpholine rings is 1. The molecule has 2 N–H and O–H groups in total. The zero-order valence-electron chi connectivity index (χ0n) is 10.9. The van der Waals surface area contributed by atoms with Crippen molar-refractivity contribution in [3.8, 4) is 0 Å². The number of anilines is 1. The highest BCUT2D eigenvalue weighted by molar-refractivity contribution is 7.89. The number of hydrogen-bond donors (Lipinski definition) is 1. The Balaban J connectivity index is 2.48. The number of nitro benzene ring substituents is 1. The number of rotatable bonds is 3. The summed E-state index contributed by atoms with van der Waals surface area (Å²) in [4.78, 5) is 9.88. The molecule has 1 atom stereocenters. The fourth-order valence-corrected chi connectivity index (χ4v) is 3.79. The average molecular weight is 301 g/mol. The summed E-state index contributed by atoms with van der Waals surface area (Å²) >= 11 is 0. The Morgan fingerprint density at radius 1 is 1.50 bits per heavy atom. The van der Waals surface area contributed by atoms with Crippen LogP contribution in [0.2, 0.25) is 0 Å². The highest BCUT2D eigenvalue weighted by Gasteiger charge is 2.33. The Morgan fingerprint density at radius 2 is 2.20 bits per heavy atom. The van der Waals surface area contributed by atoms with Crippen molar-refractivity contribution in [3.05, 3.63) is 28.3 Å². The second kappa shape index (κ2) is 5.35. The Bertz CT molecular complexity index is 631. The number of nitrogens with zero attached hydrogens (tertiary/aromatic N) is 2. The highest BCUT2D eigenvalue weighted by atomic mass is 32.2. The van der Waals surface area contributed by atoms with E-state index in [9.17, 15) is 18.5 Å². The summed E-state index contributed by atoms with van der Waals surface area (Å²) in [6, 6.07) is 3.06. The molecule has 0 aromatic heterocycles. The van der Waals surface area contributed by atoms with Crippen LogP contribution in [0.4, 0.5) is 11.4 Å². The van der Waals surface area contributed by atoms with Gasteiger partial charge in [-0.3, -0.25) is 10.1 Å². The highest BCUT2D eigenvalue weighted by Crippen LogP contribution is 2.28. The summed E-state index contributed by atoms with van der Waals surface area (Å²) < 4.78 is 31.6. The molecule has 1 aliphatic rings. The molecule has 8 nitrogen and oxygen atoms in total. The molecule has 9 heteroatoms. The molecule has 0 amide bonds. The number of sulfonamides is 1. The smallest absolute Gasteiger partial charge is 0.270 e. The van der Waals surface area contributed by atoms with E-state index < -0.39 is 14.9 Å². The standard InChI is InChI=1S/C11H15N3O5S/c1-8-7-19-5-4-13(8)20(17,18)11-6-9(14(15)16)2-3-10(11)12/h2-3,6,8H,4-5,7,12H2,1H3. The lowest BCUT2D eigenvalue weighted by Gasteiger charge is -2.32. The summed E-state index contributed by atoms with van der Waals surface area (Å²) in [6.45, 7) is 2.49. The van der Waals surface area contributed by atoms with Crippen LogP contribution in [0.15, 0.2) is 23.1 Å². The van der Waals surface area contributed by atoms with Gasteiger partial charge >= 0.3 is 0 Å². The van der Waals surface area contributed by atoms with E-state index in [0.717, 1.165) is 6.07 Å². The molecule has 0 saturated carbocycles. The van der Waals surface area contributed by atoms with Crippen molar-refractivity contribution in [2.24, 2.45) is 0 Å². The van der Waals surface area contributed by atoms with Crippen molar-refractivity contribution in [2.45, 2.75) is 17.9 Å². The monoisotopic (exact) mass is 301 g/mol. The summed E-state index contributed by atoms with van der Waals surface area (Å²) in [6.07, 6.45) is 0. The zero-order valence-corrected chi connectivity index (χ0v) is 11.7. The first-order valence-electron chi connectivity index (χ1n) is 5.97. The number of benzene rings is 1. The minimum Gasteiger partial charge on any atom is -0.398 e. The zero-order chi connectivity index (χ0) is 14.9. The van der Waals surface area contributed by atoms with Crippen molar-refractivity contribution in [2.75, 3.05) is 25.5 Å². The van der Waals surface area contributed by atoms with Crippen LogP contribution in [0.1, 0.15) is 6.92 Å².